The van der Waals surface area contributed by atoms with Crippen LogP contribution in [0.25, 0.3) is 0 Å². The number of rotatable bonds is 4. The lowest BCUT2D eigenvalue weighted by Gasteiger charge is -2.30. The zero-order chi connectivity index (χ0) is 16.3. The van der Waals surface area contributed by atoms with E-state index in [0.29, 0.717) is 6.42 Å². The molecule has 0 saturated heterocycles. The highest BCUT2D eigenvalue weighted by molar-refractivity contribution is 5.93. The number of anilines is 1. The second-order valence-corrected chi connectivity index (χ2v) is 6.17. The van der Waals surface area contributed by atoms with Crippen LogP contribution in [0.2, 0.25) is 0 Å². The van der Waals surface area contributed by atoms with Crippen LogP contribution in [0.1, 0.15) is 32.3 Å². The van der Waals surface area contributed by atoms with Crippen LogP contribution in [-0.4, -0.2) is 28.9 Å². The van der Waals surface area contributed by atoms with E-state index in [-0.39, 0.29) is 18.7 Å². The van der Waals surface area contributed by atoms with Gasteiger partial charge in [-0.1, -0.05) is 25.1 Å². The molecule has 2 amide bonds. The molecule has 3 N–H and O–H groups in total. The van der Waals surface area contributed by atoms with Crippen LogP contribution in [0.15, 0.2) is 24.3 Å². The molecule has 0 spiro atoms. The standard InChI is InChI=1S/C16H20N2O4/c1-10(19)17-13(15(21)22)8-16(2)7-11-5-3-4-6-12(11)18-14(20)9-16/h3-6,13H,7-9H2,1-2H3,(H,17,19)(H,18,20)(H,21,22). The van der Waals surface area contributed by atoms with Crippen molar-refractivity contribution in [3.63, 3.8) is 0 Å². The van der Waals surface area contributed by atoms with Gasteiger partial charge in [-0.3, -0.25) is 9.59 Å². The van der Waals surface area contributed by atoms with Gasteiger partial charge in [0.1, 0.15) is 6.04 Å². The third kappa shape index (κ3) is 3.84. The summed E-state index contributed by atoms with van der Waals surface area (Å²) in [5, 5.41) is 14.6. The van der Waals surface area contributed by atoms with Crippen molar-refractivity contribution in [1.29, 1.82) is 0 Å². The Hall–Kier alpha value is -2.37. The molecule has 118 valence electrons. The van der Waals surface area contributed by atoms with E-state index in [2.05, 4.69) is 10.6 Å². The summed E-state index contributed by atoms with van der Waals surface area (Å²) in [7, 11) is 0. The molecule has 0 bridgehead atoms. The molecule has 0 aromatic heterocycles. The molecule has 2 rings (SSSR count). The first-order valence-corrected chi connectivity index (χ1v) is 7.17. The lowest BCUT2D eigenvalue weighted by atomic mass is 9.76. The molecule has 0 saturated carbocycles. The number of benzene rings is 1. The van der Waals surface area contributed by atoms with Gasteiger partial charge in [-0.15, -0.1) is 0 Å². The van der Waals surface area contributed by atoms with Crippen molar-refractivity contribution in [2.45, 2.75) is 39.2 Å². The monoisotopic (exact) mass is 304 g/mol. The number of hydrogen-bond donors (Lipinski definition) is 3. The van der Waals surface area contributed by atoms with Gasteiger partial charge in [-0.25, -0.2) is 4.79 Å². The Kier molecular flexibility index (Phi) is 4.49. The fourth-order valence-electron chi connectivity index (χ4n) is 2.98. The highest BCUT2D eigenvalue weighted by Crippen LogP contribution is 2.37. The van der Waals surface area contributed by atoms with Crippen molar-refractivity contribution < 1.29 is 19.5 Å². The molecular weight excluding hydrogens is 284 g/mol. The fourth-order valence-corrected chi connectivity index (χ4v) is 2.98. The topological polar surface area (TPSA) is 95.5 Å². The Morgan fingerprint density at radius 2 is 2.05 bits per heavy atom. The van der Waals surface area contributed by atoms with Crippen LogP contribution in [0.3, 0.4) is 0 Å². The maximum Gasteiger partial charge on any atom is 0.326 e. The van der Waals surface area contributed by atoms with Gasteiger partial charge >= 0.3 is 5.97 Å². The maximum absolute atomic E-state index is 12.1. The van der Waals surface area contributed by atoms with Gasteiger partial charge in [0.25, 0.3) is 0 Å². The molecule has 1 heterocycles. The van der Waals surface area contributed by atoms with Crippen LogP contribution < -0.4 is 10.6 Å². The zero-order valence-corrected chi connectivity index (χ0v) is 12.7. The smallest absolute Gasteiger partial charge is 0.326 e. The molecule has 1 aromatic carbocycles. The number of nitrogens with one attached hydrogen (secondary N) is 2. The van der Waals surface area contributed by atoms with Crippen LogP contribution >= 0.6 is 0 Å². The van der Waals surface area contributed by atoms with Gasteiger partial charge in [-0.2, -0.15) is 0 Å². The number of carboxylic acids is 1. The van der Waals surface area contributed by atoms with Gasteiger partial charge in [0, 0.05) is 19.0 Å². The number of para-hydroxylation sites is 1. The van der Waals surface area contributed by atoms with E-state index < -0.39 is 23.3 Å². The Bertz CT molecular complexity index is 614. The van der Waals surface area contributed by atoms with Crippen molar-refractivity contribution in [3.8, 4) is 0 Å². The number of amides is 2. The predicted octanol–water partition coefficient (Wildman–Crippen LogP) is 1.56. The van der Waals surface area contributed by atoms with Gasteiger partial charge in [0.05, 0.1) is 0 Å². The average molecular weight is 304 g/mol. The molecule has 1 aromatic rings. The van der Waals surface area contributed by atoms with Crippen molar-refractivity contribution in [2.75, 3.05) is 5.32 Å². The maximum atomic E-state index is 12.1. The molecule has 0 fully saturated rings. The summed E-state index contributed by atoms with van der Waals surface area (Å²) >= 11 is 0. The Morgan fingerprint density at radius 3 is 2.68 bits per heavy atom. The molecule has 1 aliphatic heterocycles. The van der Waals surface area contributed by atoms with E-state index in [9.17, 15) is 19.5 Å². The first kappa shape index (κ1) is 16.0. The molecule has 2 unspecified atom stereocenters. The van der Waals surface area contributed by atoms with Gasteiger partial charge in [0.15, 0.2) is 0 Å². The highest BCUT2D eigenvalue weighted by Gasteiger charge is 2.36. The molecule has 22 heavy (non-hydrogen) atoms. The second kappa shape index (κ2) is 6.17. The Labute approximate surface area is 128 Å². The second-order valence-electron chi connectivity index (χ2n) is 6.17. The van der Waals surface area contributed by atoms with Crippen molar-refractivity contribution in [1.82, 2.24) is 5.32 Å². The van der Waals surface area contributed by atoms with Crippen molar-refractivity contribution in [2.24, 2.45) is 5.41 Å². The first-order chi connectivity index (χ1) is 10.3. The highest BCUT2D eigenvalue weighted by atomic mass is 16.4. The fraction of sp³-hybridized carbons (Fsp3) is 0.438. The Morgan fingerprint density at radius 1 is 1.36 bits per heavy atom. The SMILES string of the molecule is CC(=O)NC(CC1(C)CC(=O)Nc2ccccc2C1)C(=O)O. The summed E-state index contributed by atoms with van der Waals surface area (Å²) in [6.07, 6.45) is 0.986. The van der Waals surface area contributed by atoms with Crippen LogP contribution in [0, 0.1) is 5.41 Å². The summed E-state index contributed by atoms with van der Waals surface area (Å²) in [4.78, 5) is 34.6. The van der Waals surface area contributed by atoms with Crippen LogP contribution in [-0.2, 0) is 20.8 Å². The molecule has 0 aliphatic carbocycles. The minimum atomic E-state index is -1.09. The van der Waals surface area contributed by atoms with Crippen molar-refractivity contribution in [3.05, 3.63) is 29.8 Å². The number of fused-ring (bicyclic) bond motifs is 1. The van der Waals surface area contributed by atoms with Crippen molar-refractivity contribution >= 4 is 23.5 Å². The first-order valence-electron chi connectivity index (χ1n) is 7.17. The van der Waals surface area contributed by atoms with Crippen LogP contribution in [0.4, 0.5) is 5.69 Å². The number of carbonyl (C=O) groups is 3. The zero-order valence-electron chi connectivity index (χ0n) is 12.7. The molecule has 2 atom stereocenters. The third-order valence-electron chi connectivity index (χ3n) is 3.87. The largest absolute Gasteiger partial charge is 0.480 e. The summed E-state index contributed by atoms with van der Waals surface area (Å²) < 4.78 is 0. The Balaban J connectivity index is 2.26. The molecule has 6 nitrogen and oxygen atoms in total. The van der Waals surface area contributed by atoms with E-state index in [1.807, 2.05) is 31.2 Å². The third-order valence-corrected chi connectivity index (χ3v) is 3.87. The van der Waals surface area contributed by atoms with E-state index in [0.717, 1.165) is 11.3 Å². The van der Waals surface area contributed by atoms with E-state index in [1.54, 1.807) is 0 Å². The number of hydrogen-bond acceptors (Lipinski definition) is 3. The van der Waals surface area contributed by atoms with E-state index in [4.69, 9.17) is 0 Å². The molecule has 1 aliphatic rings. The minimum Gasteiger partial charge on any atom is -0.480 e. The summed E-state index contributed by atoms with van der Waals surface area (Å²) in [6.45, 7) is 3.17. The number of aliphatic carboxylic acids is 1. The number of carbonyl (C=O) groups excluding carboxylic acids is 2. The average Bonchev–Trinajstić information content (AvgIpc) is 2.51. The molecule has 6 heteroatoms. The molecular formula is C16H20N2O4. The van der Waals surface area contributed by atoms with Crippen LogP contribution in [0.5, 0.6) is 0 Å². The summed E-state index contributed by atoms with van der Waals surface area (Å²) in [6, 6.07) is 6.49. The normalized spacial score (nSPS) is 22.0. The van der Waals surface area contributed by atoms with E-state index in [1.165, 1.54) is 6.92 Å². The summed E-state index contributed by atoms with van der Waals surface area (Å²) in [5.41, 5.74) is 1.20. The minimum absolute atomic E-state index is 0.139. The predicted molar refractivity (Wildman–Crippen MR) is 81.4 cm³/mol. The number of carboxylic acid groups (broad SMARTS) is 1. The van der Waals surface area contributed by atoms with E-state index >= 15 is 0 Å². The van der Waals surface area contributed by atoms with Gasteiger partial charge in [-0.05, 0) is 29.9 Å². The lowest BCUT2D eigenvalue weighted by Crippen LogP contribution is -2.44. The summed E-state index contributed by atoms with van der Waals surface area (Å²) in [5.74, 6) is -1.62. The quantitative estimate of drug-likeness (QED) is 0.786. The van der Waals surface area contributed by atoms with Gasteiger partial charge in [0.2, 0.25) is 11.8 Å². The lowest BCUT2D eigenvalue weighted by molar-refractivity contribution is -0.142. The molecule has 0 radical (unpaired) electrons. The van der Waals surface area contributed by atoms with Gasteiger partial charge < -0.3 is 15.7 Å².